The van der Waals surface area contributed by atoms with Crippen LogP contribution >= 0.6 is 0 Å². The molecule has 1 heteroatoms. The lowest BCUT2D eigenvalue weighted by molar-refractivity contribution is 0.785. The van der Waals surface area contributed by atoms with E-state index in [1.165, 1.54) is 23.1 Å². The van der Waals surface area contributed by atoms with Gasteiger partial charge in [0.05, 0.1) is 0 Å². The molecule has 2 N–H and O–H groups in total. The Kier molecular flexibility index (Phi) is 5.64. The Balaban J connectivity index is 1.88. The van der Waals surface area contributed by atoms with Gasteiger partial charge in [-0.3, -0.25) is 0 Å². The molecule has 0 saturated carbocycles. The maximum atomic E-state index is 5.60. The minimum Gasteiger partial charge on any atom is -0.330 e. The van der Waals surface area contributed by atoms with Gasteiger partial charge in [-0.1, -0.05) is 54.6 Å². The smallest absolute Gasteiger partial charge is 0.00741 e. The van der Waals surface area contributed by atoms with E-state index in [0.29, 0.717) is 0 Å². The van der Waals surface area contributed by atoms with E-state index in [1.54, 1.807) is 0 Å². The van der Waals surface area contributed by atoms with Crippen molar-refractivity contribution in [1.29, 1.82) is 0 Å². The van der Waals surface area contributed by atoms with Crippen LogP contribution in [-0.4, -0.2) is 6.54 Å². The first-order chi connectivity index (χ1) is 9.40. The monoisotopic (exact) mass is 253 g/mol. The van der Waals surface area contributed by atoms with Gasteiger partial charge in [-0.2, -0.15) is 0 Å². The van der Waals surface area contributed by atoms with Gasteiger partial charge in [-0.05, 0) is 55.3 Å². The summed E-state index contributed by atoms with van der Waals surface area (Å²) in [5, 5.41) is 0. The molecule has 0 unspecified atom stereocenters. The molecule has 0 bridgehead atoms. The van der Waals surface area contributed by atoms with Crippen LogP contribution in [0.4, 0.5) is 0 Å². The van der Waals surface area contributed by atoms with E-state index < -0.39 is 0 Å². The molecule has 2 aromatic rings. The quantitative estimate of drug-likeness (QED) is 0.799. The van der Waals surface area contributed by atoms with Crippen molar-refractivity contribution in [2.24, 2.45) is 5.73 Å². The van der Waals surface area contributed by atoms with Crippen molar-refractivity contribution in [1.82, 2.24) is 0 Å². The summed E-state index contributed by atoms with van der Waals surface area (Å²) in [6.07, 6.45) is 5.72. The van der Waals surface area contributed by atoms with Crippen molar-refractivity contribution in [3.05, 3.63) is 71.3 Å². The maximum Gasteiger partial charge on any atom is -0.00741 e. The Morgan fingerprint density at radius 2 is 1.21 bits per heavy atom. The number of rotatable bonds is 7. The lowest BCUT2D eigenvalue weighted by atomic mass is 9.97. The number of nitrogens with two attached hydrogens (primary N) is 1. The van der Waals surface area contributed by atoms with Gasteiger partial charge in [-0.15, -0.1) is 0 Å². The van der Waals surface area contributed by atoms with Crippen LogP contribution < -0.4 is 5.73 Å². The maximum absolute atomic E-state index is 5.60. The zero-order chi connectivity index (χ0) is 13.3. The molecule has 0 saturated heterocycles. The molecule has 0 atom stereocenters. The summed E-state index contributed by atoms with van der Waals surface area (Å²) in [6, 6.07) is 19.5. The average Bonchev–Trinajstić information content (AvgIpc) is 2.47. The van der Waals surface area contributed by atoms with Crippen LogP contribution in [0.2, 0.25) is 0 Å². The van der Waals surface area contributed by atoms with E-state index in [9.17, 15) is 0 Å². The molecule has 2 rings (SSSR count). The van der Waals surface area contributed by atoms with Gasteiger partial charge in [-0.25, -0.2) is 0 Å². The van der Waals surface area contributed by atoms with Crippen LogP contribution in [0, 0.1) is 0 Å². The van der Waals surface area contributed by atoms with E-state index in [2.05, 4.69) is 54.6 Å². The van der Waals surface area contributed by atoms with E-state index in [0.717, 1.165) is 32.2 Å². The minimum absolute atomic E-state index is 0.776. The van der Waals surface area contributed by atoms with Crippen molar-refractivity contribution in [2.75, 3.05) is 6.54 Å². The van der Waals surface area contributed by atoms with Gasteiger partial charge in [0.2, 0.25) is 0 Å². The Hall–Kier alpha value is -1.60. The fourth-order valence-corrected chi connectivity index (χ4v) is 2.47. The fourth-order valence-electron chi connectivity index (χ4n) is 2.47. The first kappa shape index (κ1) is 13.8. The van der Waals surface area contributed by atoms with Crippen LogP contribution in [-0.2, 0) is 19.3 Å². The van der Waals surface area contributed by atoms with E-state index in [-0.39, 0.29) is 0 Å². The third-order valence-electron chi connectivity index (χ3n) is 3.52. The zero-order valence-electron chi connectivity index (χ0n) is 11.5. The topological polar surface area (TPSA) is 26.0 Å². The lowest BCUT2D eigenvalue weighted by Gasteiger charge is -2.09. The molecule has 0 aliphatic rings. The molecule has 0 aliphatic heterocycles. The highest BCUT2D eigenvalue weighted by atomic mass is 14.5. The third kappa shape index (κ3) is 4.53. The highest BCUT2D eigenvalue weighted by Crippen LogP contribution is 2.14. The molecule has 0 spiro atoms. The summed E-state index contributed by atoms with van der Waals surface area (Å²) in [7, 11) is 0. The van der Waals surface area contributed by atoms with Crippen molar-refractivity contribution in [3.63, 3.8) is 0 Å². The second kappa shape index (κ2) is 7.75. The summed E-state index contributed by atoms with van der Waals surface area (Å²) in [5.74, 6) is 0. The van der Waals surface area contributed by atoms with Gasteiger partial charge < -0.3 is 5.73 Å². The Labute approximate surface area is 116 Å². The zero-order valence-corrected chi connectivity index (χ0v) is 11.5. The van der Waals surface area contributed by atoms with Gasteiger partial charge in [0.15, 0.2) is 0 Å². The fraction of sp³-hybridized carbons (Fsp3) is 0.333. The minimum atomic E-state index is 0.776. The molecule has 0 heterocycles. The van der Waals surface area contributed by atoms with Crippen LogP contribution in [0.15, 0.2) is 54.6 Å². The predicted octanol–water partition coefficient (Wildman–Crippen LogP) is 3.75. The highest BCUT2D eigenvalue weighted by molar-refractivity contribution is 5.27. The number of aryl methyl sites for hydroxylation is 3. The molecule has 0 aromatic heterocycles. The van der Waals surface area contributed by atoms with Crippen molar-refractivity contribution >= 4 is 0 Å². The molecule has 1 nitrogen and oxygen atoms in total. The molecule has 100 valence electrons. The largest absolute Gasteiger partial charge is 0.330 e. The predicted molar refractivity (Wildman–Crippen MR) is 82.3 cm³/mol. The van der Waals surface area contributed by atoms with Crippen LogP contribution in [0.25, 0.3) is 0 Å². The number of benzene rings is 2. The van der Waals surface area contributed by atoms with Crippen LogP contribution in [0.3, 0.4) is 0 Å². The molecular weight excluding hydrogens is 230 g/mol. The first-order valence-electron chi connectivity index (χ1n) is 7.21. The summed E-state index contributed by atoms with van der Waals surface area (Å²) in [6.45, 7) is 0.776. The first-order valence-corrected chi connectivity index (χ1v) is 7.21. The average molecular weight is 253 g/mol. The molecule has 2 aromatic carbocycles. The lowest BCUT2D eigenvalue weighted by Crippen LogP contribution is -2.02. The van der Waals surface area contributed by atoms with Gasteiger partial charge in [0.25, 0.3) is 0 Å². The van der Waals surface area contributed by atoms with Crippen molar-refractivity contribution in [2.45, 2.75) is 32.1 Å². The van der Waals surface area contributed by atoms with E-state index in [4.69, 9.17) is 5.73 Å². The summed E-state index contributed by atoms with van der Waals surface area (Å²) < 4.78 is 0. The number of hydrogen-bond donors (Lipinski definition) is 1. The SMILES string of the molecule is NCCCc1ccccc1CCCc1ccccc1. The molecule has 0 aliphatic carbocycles. The summed E-state index contributed by atoms with van der Waals surface area (Å²) in [4.78, 5) is 0. The summed E-state index contributed by atoms with van der Waals surface area (Å²) in [5.41, 5.74) is 10.0. The molecule has 0 fully saturated rings. The number of hydrogen-bond acceptors (Lipinski definition) is 1. The van der Waals surface area contributed by atoms with Gasteiger partial charge in [0, 0.05) is 0 Å². The van der Waals surface area contributed by atoms with Crippen LogP contribution in [0.5, 0.6) is 0 Å². The molecule has 0 amide bonds. The second-order valence-electron chi connectivity index (χ2n) is 5.00. The third-order valence-corrected chi connectivity index (χ3v) is 3.52. The molecule has 19 heavy (non-hydrogen) atoms. The second-order valence-corrected chi connectivity index (χ2v) is 5.00. The van der Waals surface area contributed by atoms with Crippen LogP contribution in [0.1, 0.15) is 29.5 Å². The standard InChI is InChI=1S/C18H23N/c19-15-7-14-18-12-5-4-11-17(18)13-6-10-16-8-2-1-3-9-16/h1-5,8-9,11-12H,6-7,10,13-15,19H2. The normalized spacial score (nSPS) is 10.6. The molecule has 0 radical (unpaired) electrons. The van der Waals surface area contributed by atoms with Crippen molar-refractivity contribution in [3.8, 4) is 0 Å². The Morgan fingerprint density at radius 1 is 0.632 bits per heavy atom. The highest BCUT2D eigenvalue weighted by Gasteiger charge is 2.01. The van der Waals surface area contributed by atoms with Gasteiger partial charge in [0.1, 0.15) is 0 Å². The Bertz CT molecular complexity index is 476. The van der Waals surface area contributed by atoms with E-state index in [1.807, 2.05) is 0 Å². The molecular formula is C18H23N. The van der Waals surface area contributed by atoms with Crippen molar-refractivity contribution < 1.29 is 0 Å². The summed E-state index contributed by atoms with van der Waals surface area (Å²) >= 11 is 0. The van der Waals surface area contributed by atoms with E-state index >= 15 is 0 Å². The Morgan fingerprint density at radius 3 is 1.84 bits per heavy atom. The van der Waals surface area contributed by atoms with Gasteiger partial charge >= 0.3 is 0 Å².